The molecule has 20 heavy (non-hydrogen) atoms. The molecule has 7 heteroatoms. The fourth-order valence-corrected chi connectivity index (χ4v) is 1.93. The smallest absolute Gasteiger partial charge is 0.303 e. The summed E-state index contributed by atoms with van der Waals surface area (Å²) in [4.78, 5) is 39.5. The minimum absolute atomic E-state index is 0.0324. The van der Waals surface area contributed by atoms with Gasteiger partial charge in [-0.1, -0.05) is 0 Å². The molecule has 0 aliphatic heterocycles. The number of aliphatic carboxylic acids is 1. The van der Waals surface area contributed by atoms with Crippen LogP contribution in [-0.4, -0.2) is 43.9 Å². The molecule has 1 aromatic rings. The minimum Gasteiger partial charge on any atom is -0.481 e. The van der Waals surface area contributed by atoms with Crippen LogP contribution in [0.1, 0.15) is 42.4 Å². The summed E-state index contributed by atoms with van der Waals surface area (Å²) in [5, 5.41) is 8.56. The number of aromatic nitrogens is 2. The summed E-state index contributed by atoms with van der Waals surface area (Å²) in [6.45, 7) is 3.24. The first-order valence-corrected chi connectivity index (χ1v) is 6.36. The number of hydrogen-bond acceptors (Lipinski definition) is 4. The molecule has 0 spiro atoms. The van der Waals surface area contributed by atoms with Gasteiger partial charge in [0.05, 0.1) is 12.0 Å². The van der Waals surface area contributed by atoms with Crippen molar-refractivity contribution in [2.75, 3.05) is 6.54 Å². The van der Waals surface area contributed by atoms with E-state index in [0.29, 0.717) is 24.2 Å². The van der Waals surface area contributed by atoms with E-state index < -0.39 is 11.9 Å². The summed E-state index contributed by atoms with van der Waals surface area (Å²) < 4.78 is 1.57. The van der Waals surface area contributed by atoms with Crippen molar-refractivity contribution >= 4 is 17.8 Å². The third-order valence-corrected chi connectivity index (χ3v) is 2.97. The molecule has 0 aromatic carbocycles. The van der Waals surface area contributed by atoms with Crippen LogP contribution < -0.4 is 0 Å². The van der Waals surface area contributed by atoms with E-state index in [-0.39, 0.29) is 18.9 Å². The Morgan fingerprint density at radius 2 is 2.00 bits per heavy atom. The molecule has 0 bridgehead atoms. The molecule has 0 saturated heterocycles. The molecule has 0 fully saturated rings. The van der Waals surface area contributed by atoms with Crippen LogP contribution in [0.5, 0.6) is 0 Å². The fourth-order valence-electron chi connectivity index (χ4n) is 1.93. The molecule has 1 heterocycles. The third kappa shape index (κ3) is 3.91. The average molecular weight is 281 g/mol. The zero-order valence-corrected chi connectivity index (χ0v) is 11.9. The maximum absolute atomic E-state index is 12.3. The van der Waals surface area contributed by atoms with E-state index >= 15 is 0 Å². The highest BCUT2D eigenvalue weighted by Gasteiger charge is 2.23. The molecule has 2 amide bonds. The van der Waals surface area contributed by atoms with Crippen molar-refractivity contribution in [2.24, 2.45) is 7.05 Å². The van der Waals surface area contributed by atoms with Gasteiger partial charge in [0.25, 0.3) is 5.91 Å². The lowest BCUT2D eigenvalue weighted by Crippen LogP contribution is -2.37. The molecule has 0 saturated carbocycles. The first-order valence-electron chi connectivity index (χ1n) is 6.36. The van der Waals surface area contributed by atoms with Crippen molar-refractivity contribution in [3.05, 3.63) is 17.7 Å². The van der Waals surface area contributed by atoms with Gasteiger partial charge in [-0.15, -0.1) is 0 Å². The Kier molecular flexibility index (Phi) is 5.42. The fraction of sp³-hybridized carbons (Fsp3) is 0.538. The van der Waals surface area contributed by atoms with E-state index in [1.807, 2.05) is 0 Å². The number of imidazole rings is 1. The van der Waals surface area contributed by atoms with Crippen LogP contribution >= 0.6 is 0 Å². The summed E-state index contributed by atoms with van der Waals surface area (Å²) in [7, 11) is 1.69. The van der Waals surface area contributed by atoms with Crippen LogP contribution in [0.3, 0.4) is 0 Å². The van der Waals surface area contributed by atoms with Crippen LogP contribution in [0.15, 0.2) is 6.33 Å². The lowest BCUT2D eigenvalue weighted by atomic mass is 10.2. The van der Waals surface area contributed by atoms with Crippen molar-refractivity contribution in [1.82, 2.24) is 14.5 Å². The number of rotatable bonds is 6. The van der Waals surface area contributed by atoms with Crippen molar-refractivity contribution in [2.45, 2.75) is 33.1 Å². The van der Waals surface area contributed by atoms with E-state index in [1.165, 1.54) is 13.3 Å². The van der Waals surface area contributed by atoms with Crippen molar-refractivity contribution in [3.8, 4) is 0 Å². The summed E-state index contributed by atoms with van der Waals surface area (Å²) >= 11 is 0. The summed E-state index contributed by atoms with van der Waals surface area (Å²) in [5.41, 5.74) is 0.938. The van der Waals surface area contributed by atoms with Crippen LogP contribution in [-0.2, 0) is 16.6 Å². The predicted molar refractivity (Wildman–Crippen MR) is 71.1 cm³/mol. The van der Waals surface area contributed by atoms with Crippen LogP contribution in [0.2, 0.25) is 0 Å². The molecule has 7 nitrogen and oxygen atoms in total. The van der Waals surface area contributed by atoms with Crippen molar-refractivity contribution < 1.29 is 19.5 Å². The number of carboxylic acids is 1. The second-order valence-corrected chi connectivity index (χ2v) is 4.62. The molecular formula is C13H19N3O4. The lowest BCUT2D eigenvalue weighted by molar-refractivity contribution is -0.137. The normalized spacial score (nSPS) is 10.3. The highest BCUT2D eigenvalue weighted by molar-refractivity contribution is 6.03. The molecule has 0 radical (unpaired) electrons. The first kappa shape index (κ1) is 15.9. The monoisotopic (exact) mass is 281 g/mol. The van der Waals surface area contributed by atoms with E-state index in [9.17, 15) is 14.4 Å². The number of amides is 2. The van der Waals surface area contributed by atoms with E-state index in [4.69, 9.17) is 5.11 Å². The van der Waals surface area contributed by atoms with Gasteiger partial charge in [-0.2, -0.15) is 0 Å². The molecule has 110 valence electrons. The number of carbonyl (C=O) groups is 3. The van der Waals surface area contributed by atoms with Gasteiger partial charge in [-0.25, -0.2) is 4.98 Å². The van der Waals surface area contributed by atoms with Crippen LogP contribution in [0.4, 0.5) is 0 Å². The van der Waals surface area contributed by atoms with E-state index in [1.54, 1.807) is 18.5 Å². The summed E-state index contributed by atoms with van der Waals surface area (Å²) in [5.74, 6) is -1.63. The number of carboxylic acid groups (broad SMARTS) is 1. The molecule has 0 unspecified atom stereocenters. The molecule has 0 aliphatic carbocycles. The number of nitrogens with zero attached hydrogens (tertiary/aromatic N) is 3. The SMILES string of the molecule is CC(=O)N(CCCCC(=O)O)C(=O)c1c(C)ncn1C. The molecule has 1 rings (SSSR count). The second-order valence-electron chi connectivity index (χ2n) is 4.62. The maximum atomic E-state index is 12.3. The Hall–Kier alpha value is -2.18. The third-order valence-electron chi connectivity index (χ3n) is 2.97. The van der Waals surface area contributed by atoms with Crippen LogP contribution in [0.25, 0.3) is 0 Å². The zero-order chi connectivity index (χ0) is 15.3. The summed E-state index contributed by atoms with van der Waals surface area (Å²) in [6, 6.07) is 0. The number of hydrogen-bond donors (Lipinski definition) is 1. The van der Waals surface area contributed by atoms with E-state index in [0.717, 1.165) is 4.90 Å². The zero-order valence-electron chi connectivity index (χ0n) is 11.9. The van der Waals surface area contributed by atoms with Crippen LogP contribution in [0, 0.1) is 6.92 Å². The van der Waals surface area contributed by atoms with Gasteiger partial charge in [-0.05, 0) is 19.8 Å². The van der Waals surface area contributed by atoms with E-state index in [2.05, 4.69) is 4.98 Å². The molecule has 1 aromatic heterocycles. The Bertz CT molecular complexity index is 502. The maximum Gasteiger partial charge on any atom is 0.303 e. The Labute approximate surface area is 117 Å². The van der Waals surface area contributed by atoms with Crippen molar-refractivity contribution in [3.63, 3.8) is 0 Å². The Morgan fingerprint density at radius 1 is 1.35 bits per heavy atom. The Morgan fingerprint density at radius 3 is 2.45 bits per heavy atom. The molecule has 1 N–H and O–H groups in total. The van der Waals surface area contributed by atoms with Gasteiger partial charge >= 0.3 is 5.97 Å². The number of unbranched alkanes of at least 4 members (excludes halogenated alkanes) is 1. The van der Waals surface area contributed by atoms with Gasteiger partial charge in [-0.3, -0.25) is 19.3 Å². The standard InChI is InChI=1S/C13H19N3O4/c1-9-12(15(3)8-14-9)13(20)16(10(2)17)7-5-4-6-11(18)19/h8H,4-7H2,1-3H3,(H,18,19). The summed E-state index contributed by atoms with van der Waals surface area (Å²) in [6.07, 6.45) is 2.45. The second kappa shape index (κ2) is 6.83. The Balaban J connectivity index is 2.74. The topological polar surface area (TPSA) is 92.5 Å². The molecular weight excluding hydrogens is 262 g/mol. The number of aryl methyl sites for hydroxylation is 2. The first-order chi connectivity index (χ1) is 9.34. The largest absolute Gasteiger partial charge is 0.481 e. The quantitative estimate of drug-likeness (QED) is 0.784. The predicted octanol–water partition coefficient (Wildman–Crippen LogP) is 0.972. The molecule has 0 atom stereocenters. The molecule has 0 aliphatic rings. The van der Waals surface area contributed by atoms with Gasteiger partial charge in [0.2, 0.25) is 5.91 Å². The highest BCUT2D eigenvalue weighted by atomic mass is 16.4. The minimum atomic E-state index is -0.881. The highest BCUT2D eigenvalue weighted by Crippen LogP contribution is 2.10. The number of carbonyl (C=O) groups excluding carboxylic acids is 2. The van der Waals surface area contributed by atoms with Gasteiger partial charge in [0.15, 0.2) is 0 Å². The average Bonchev–Trinajstić information content (AvgIpc) is 2.67. The lowest BCUT2D eigenvalue weighted by Gasteiger charge is -2.19. The number of imide groups is 1. The van der Waals surface area contributed by atoms with Gasteiger partial charge in [0, 0.05) is 26.9 Å². The van der Waals surface area contributed by atoms with Gasteiger partial charge < -0.3 is 9.67 Å². The van der Waals surface area contributed by atoms with Gasteiger partial charge in [0.1, 0.15) is 5.69 Å². The van der Waals surface area contributed by atoms with Crippen molar-refractivity contribution in [1.29, 1.82) is 0 Å².